The molecule has 2 saturated heterocycles. The van der Waals surface area contributed by atoms with Crippen LogP contribution in [0.5, 0.6) is 0 Å². The Balaban J connectivity index is 1.98. The average molecular weight is 322 g/mol. The minimum Gasteiger partial charge on any atom is -0.377 e. The zero-order valence-electron chi connectivity index (χ0n) is 14.0. The summed E-state index contributed by atoms with van der Waals surface area (Å²) in [4.78, 5) is 0. The van der Waals surface area contributed by atoms with Gasteiger partial charge in [0.15, 0.2) is 5.79 Å². The van der Waals surface area contributed by atoms with Crippen molar-refractivity contribution >= 4 is 0 Å². The van der Waals surface area contributed by atoms with E-state index in [-0.39, 0.29) is 6.10 Å². The Morgan fingerprint density at radius 1 is 1.00 bits per heavy atom. The third-order valence-corrected chi connectivity index (χ3v) is 5.28. The predicted octanol–water partition coefficient (Wildman–Crippen LogP) is 3.52. The Kier molecular flexibility index (Phi) is 4.17. The van der Waals surface area contributed by atoms with Gasteiger partial charge in [-0.05, 0) is 36.6 Å². The minimum absolute atomic E-state index is 0.00125. The summed E-state index contributed by atoms with van der Waals surface area (Å²) < 4.78 is 18.7. The van der Waals surface area contributed by atoms with E-state index in [9.17, 15) is 0 Å². The van der Waals surface area contributed by atoms with Gasteiger partial charge in [0.25, 0.3) is 0 Å². The summed E-state index contributed by atoms with van der Waals surface area (Å²) in [6, 6.07) is 22.5. The summed E-state index contributed by atoms with van der Waals surface area (Å²) in [5.41, 5.74) is 1.83. The van der Waals surface area contributed by atoms with Crippen molar-refractivity contribution in [1.29, 1.82) is 0 Å². The summed E-state index contributed by atoms with van der Waals surface area (Å²) in [6.07, 6.45) is 1.71. The first kappa shape index (κ1) is 15.8. The molecule has 1 spiro atoms. The highest BCUT2D eigenvalue weighted by atomic mass is 16.7. The van der Waals surface area contributed by atoms with Crippen LogP contribution >= 0.6 is 0 Å². The molecule has 124 valence electrons. The lowest BCUT2D eigenvalue weighted by Crippen LogP contribution is -2.69. The van der Waals surface area contributed by atoms with E-state index in [2.05, 4.69) is 36.4 Å². The number of hydrogen-bond donors (Lipinski definition) is 0. The molecule has 2 aromatic carbocycles. The maximum Gasteiger partial charge on any atom is 0.186 e. The largest absolute Gasteiger partial charge is 0.377 e. The average Bonchev–Trinajstić information content (AvgIpc) is 2.62. The van der Waals surface area contributed by atoms with Crippen molar-refractivity contribution in [3.8, 4) is 0 Å². The molecule has 2 heterocycles. The molecular weight excluding hydrogens is 300 g/mol. The lowest BCUT2D eigenvalue weighted by molar-refractivity contribution is -0.367. The van der Waals surface area contributed by atoms with E-state index in [1.807, 2.05) is 31.2 Å². The fourth-order valence-corrected chi connectivity index (χ4v) is 4.31. The van der Waals surface area contributed by atoms with Gasteiger partial charge in [-0.15, -0.1) is 0 Å². The molecule has 2 aliphatic heterocycles. The molecule has 0 saturated carbocycles. The van der Waals surface area contributed by atoms with Crippen LogP contribution in [0, 0.1) is 12.1 Å². The quantitative estimate of drug-likeness (QED) is 0.862. The van der Waals surface area contributed by atoms with E-state index in [1.54, 1.807) is 0 Å². The van der Waals surface area contributed by atoms with Crippen molar-refractivity contribution in [3.63, 3.8) is 0 Å². The molecule has 2 fully saturated rings. The van der Waals surface area contributed by atoms with E-state index in [0.717, 1.165) is 30.6 Å². The van der Waals surface area contributed by atoms with Gasteiger partial charge in [-0.25, -0.2) is 0 Å². The van der Waals surface area contributed by atoms with Crippen LogP contribution in [0.2, 0.25) is 0 Å². The highest BCUT2D eigenvalue weighted by molar-refractivity contribution is 5.45. The zero-order valence-corrected chi connectivity index (χ0v) is 14.0. The van der Waals surface area contributed by atoms with Crippen LogP contribution in [0.3, 0.4) is 0 Å². The highest BCUT2D eigenvalue weighted by Crippen LogP contribution is 2.56. The van der Waals surface area contributed by atoms with Gasteiger partial charge in [-0.3, -0.25) is 0 Å². The second-order valence-electron chi connectivity index (χ2n) is 6.32. The molecular formula is C21H22O3. The molecule has 2 aromatic rings. The monoisotopic (exact) mass is 322 g/mol. The Morgan fingerprint density at radius 3 is 2.04 bits per heavy atom. The summed E-state index contributed by atoms with van der Waals surface area (Å²) in [7, 11) is 0. The van der Waals surface area contributed by atoms with Crippen molar-refractivity contribution in [3.05, 3.63) is 71.8 Å². The first-order valence-corrected chi connectivity index (χ1v) is 8.66. The van der Waals surface area contributed by atoms with Gasteiger partial charge in [0.05, 0.1) is 19.3 Å². The molecule has 2 radical (unpaired) electrons. The lowest BCUT2D eigenvalue weighted by atomic mass is 9.60. The molecule has 0 aromatic heterocycles. The van der Waals surface area contributed by atoms with Crippen LogP contribution in [-0.2, 0) is 19.6 Å². The van der Waals surface area contributed by atoms with Crippen molar-refractivity contribution < 1.29 is 14.2 Å². The molecule has 2 unspecified atom stereocenters. The third kappa shape index (κ3) is 2.16. The first-order valence-electron chi connectivity index (χ1n) is 8.66. The smallest absolute Gasteiger partial charge is 0.186 e. The second-order valence-corrected chi connectivity index (χ2v) is 6.32. The number of ether oxygens (including phenoxy) is 3. The third-order valence-electron chi connectivity index (χ3n) is 5.28. The Morgan fingerprint density at radius 2 is 1.58 bits per heavy atom. The number of rotatable bonds is 4. The lowest BCUT2D eigenvalue weighted by Gasteiger charge is -2.60. The van der Waals surface area contributed by atoms with Crippen LogP contribution in [0.4, 0.5) is 0 Å². The first-order chi connectivity index (χ1) is 11.8. The van der Waals surface area contributed by atoms with Gasteiger partial charge in [0.1, 0.15) is 5.41 Å². The van der Waals surface area contributed by atoms with E-state index < -0.39 is 11.2 Å². The van der Waals surface area contributed by atoms with Crippen molar-refractivity contribution in [1.82, 2.24) is 0 Å². The Labute approximate surface area is 143 Å². The van der Waals surface area contributed by atoms with Crippen molar-refractivity contribution in [2.24, 2.45) is 0 Å². The molecule has 3 heteroatoms. The summed E-state index contributed by atoms with van der Waals surface area (Å²) >= 11 is 0. The van der Waals surface area contributed by atoms with Crippen LogP contribution in [0.1, 0.15) is 30.9 Å². The summed E-state index contributed by atoms with van der Waals surface area (Å²) in [5.74, 6) is -0.659. The molecule has 0 N–H and O–H groups in total. The predicted molar refractivity (Wildman–Crippen MR) is 90.6 cm³/mol. The zero-order chi connectivity index (χ0) is 16.5. The molecule has 2 atom stereocenters. The summed E-state index contributed by atoms with van der Waals surface area (Å²) in [6.45, 7) is 4.09. The molecule has 2 aliphatic rings. The van der Waals surface area contributed by atoms with Crippen LogP contribution in [0.25, 0.3) is 0 Å². The fraction of sp³-hybridized carbons (Fsp3) is 0.429. The van der Waals surface area contributed by atoms with E-state index in [1.165, 1.54) is 0 Å². The van der Waals surface area contributed by atoms with Gasteiger partial charge >= 0.3 is 0 Å². The maximum absolute atomic E-state index is 6.28. The van der Waals surface area contributed by atoms with E-state index >= 15 is 0 Å². The molecule has 4 rings (SSSR count). The topological polar surface area (TPSA) is 27.7 Å². The molecule has 24 heavy (non-hydrogen) atoms. The Bertz CT molecular complexity index is 622. The normalized spacial score (nSPS) is 28.5. The standard InChI is InChI=1S/C21H22O3/c1-2-22-19-13-15-23-20(14-16-24-20)21(19,17-9-5-3-6-10-17)18-11-7-4-8-12-18/h5-12,19H,2,13-16H2,1H3. The second kappa shape index (κ2) is 6.32. The van der Waals surface area contributed by atoms with Crippen molar-refractivity contribution in [2.75, 3.05) is 19.8 Å². The van der Waals surface area contributed by atoms with Crippen molar-refractivity contribution in [2.45, 2.75) is 37.1 Å². The number of hydrogen-bond acceptors (Lipinski definition) is 3. The van der Waals surface area contributed by atoms with Gasteiger partial charge in [-0.2, -0.15) is 0 Å². The fourth-order valence-electron chi connectivity index (χ4n) is 4.31. The van der Waals surface area contributed by atoms with Crippen LogP contribution in [0.15, 0.2) is 48.5 Å². The van der Waals surface area contributed by atoms with E-state index in [0.29, 0.717) is 13.2 Å². The number of benzene rings is 2. The maximum atomic E-state index is 6.28. The Hall–Kier alpha value is -1.68. The van der Waals surface area contributed by atoms with Gasteiger partial charge in [0.2, 0.25) is 0 Å². The SMILES string of the molecule is CCOC1CCOC2(CCO2)C1(c1cc[c]cc1)c1cc[c]cc1. The van der Waals surface area contributed by atoms with Gasteiger partial charge in [-0.1, -0.05) is 48.5 Å². The van der Waals surface area contributed by atoms with Crippen LogP contribution < -0.4 is 0 Å². The van der Waals surface area contributed by atoms with Gasteiger partial charge in [0, 0.05) is 13.0 Å². The summed E-state index contributed by atoms with van der Waals surface area (Å²) in [5, 5.41) is 0. The van der Waals surface area contributed by atoms with E-state index in [4.69, 9.17) is 14.2 Å². The molecule has 0 amide bonds. The van der Waals surface area contributed by atoms with Gasteiger partial charge < -0.3 is 14.2 Å². The molecule has 3 nitrogen and oxygen atoms in total. The minimum atomic E-state index is -0.659. The van der Waals surface area contributed by atoms with Crippen LogP contribution in [-0.4, -0.2) is 31.7 Å². The highest BCUT2D eigenvalue weighted by Gasteiger charge is 2.65. The molecule has 0 aliphatic carbocycles. The molecule has 0 bridgehead atoms.